The molecule has 0 bridgehead atoms. The number of hydrogen-bond donors (Lipinski definition) is 0. The molecule has 0 saturated carbocycles. The molecule has 98 valence electrons. The van der Waals surface area contributed by atoms with E-state index in [4.69, 9.17) is 9.72 Å². The van der Waals surface area contributed by atoms with Crippen molar-refractivity contribution in [1.82, 2.24) is 4.98 Å². The lowest BCUT2D eigenvalue weighted by atomic mass is 9.89. The van der Waals surface area contributed by atoms with Gasteiger partial charge < -0.3 is 4.74 Å². The molecule has 2 nitrogen and oxygen atoms in total. The van der Waals surface area contributed by atoms with Gasteiger partial charge in [-0.3, -0.25) is 0 Å². The average molecular weight is 255 g/mol. The molecule has 0 aliphatic heterocycles. The fourth-order valence-corrected chi connectivity index (χ4v) is 2.95. The number of rotatable bonds is 3. The standard InChI is InChI=1S/C14H25NOS/c1-8-16-11(14(5,6)7)12-15-10(9-17-12)13(2,3)4/h9,11H,8H2,1-7H3. The molecule has 0 aliphatic carbocycles. The Balaban J connectivity index is 3.01. The normalized spacial score (nSPS) is 15.0. The third-order valence-corrected chi connectivity index (χ3v) is 3.52. The minimum absolute atomic E-state index is 0.0863. The molecule has 1 heterocycles. The van der Waals surface area contributed by atoms with Crippen molar-refractivity contribution in [2.24, 2.45) is 5.41 Å². The summed E-state index contributed by atoms with van der Waals surface area (Å²) < 4.78 is 5.87. The summed E-state index contributed by atoms with van der Waals surface area (Å²) in [6.45, 7) is 15.9. The highest BCUT2D eigenvalue weighted by molar-refractivity contribution is 7.09. The molecule has 0 N–H and O–H groups in total. The van der Waals surface area contributed by atoms with E-state index in [9.17, 15) is 0 Å². The second-order valence-electron chi connectivity index (χ2n) is 6.52. The van der Waals surface area contributed by atoms with Crippen LogP contribution in [0.15, 0.2) is 5.38 Å². The summed E-state index contributed by atoms with van der Waals surface area (Å²) in [5.41, 5.74) is 1.36. The first kappa shape index (κ1) is 14.7. The summed E-state index contributed by atoms with van der Waals surface area (Å²) in [5.74, 6) is 0. The molecular formula is C14H25NOS. The van der Waals surface area contributed by atoms with Gasteiger partial charge in [-0.05, 0) is 12.3 Å². The van der Waals surface area contributed by atoms with E-state index in [-0.39, 0.29) is 16.9 Å². The molecule has 1 unspecified atom stereocenters. The van der Waals surface area contributed by atoms with E-state index in [2.05, 4.69) is 46.9 Å². The Morgan fingerprint density at radius 1 is 1.24 bits per heavy atom. The number of ether oxygens (including phenoxy) is 1. The van der Waals surface area contributed by atoms with Crippen LogP contribution in [-0.2, 0) is 10.2 Å². The van der Waals surface area contributed by atoms with Gasteiger partial charge in [0, 0.05) is 17.4 Å². The van der Waals surface area contributed by atoms with Crippen molar-refractivity contribution in [3.8, 4) is 0 Å². The fourth-order valence-electron chi connectivity index (χ4n) is 1.61. The molecule has 0 spiro atoms. The first-order valence-electron chi connectivity index (χ1n) is 6.23. The van der Waals surface area contributed by atoms with E-state index in [1.165, 1.54) is 0 Å². The first-order chi connectivity index (χ1) is 7.66. The van der Waals surface area contributed by atoms with Crippen LogP contribution in [-0.4, -0.2) is 11.6 Å². The van der Waals surface area contributed by atoms with Crippen LogP contribution < -0.4 is 0 Å². The van der Waals surface area contributed by atoms with E-state index >= 15 is 0 Å². The van der Waals surface area contributed by atoms with Gasteiger partial charge in [0.2, 0.25) is 0 Å². The maximum Gasteiger partial charge on any atom is 0.122 e. The predicted octanol–water partition coefficient (Wildman–Crippen LogP) is 4.56. The van der Waals surface area contributed by atoms with Gasteiger partial charge in [-0.2, -0.15) is 0 Å². The molecule has 0 radical (unpaired) electrons. The van der Waals surface area contributed by atoms with Gasteiger partial charge in [-0.25, -0.2) is 4.98 Å². The van der Waals surface area contributed by atoms with Crippen molar-refractivity contribution >= 4 is 11.3 Å². The molecule has 0 aliphatic rings. The molecule has 0 amide bonds. The second-order valence-corrected chi connectivity index (χ2v) is 7.41. The molecular weight excluding hydrogens is 230 g/mol. The smallest absolute Gasteiger partial charge is 0.122 e. The van der Waals surface area contributed by atoms with Gasteiger partial charge in [-0.15, -0.1) is 11.3 Å². The number of aromatic nitrogens is 1. The van der Waals surface area contributed by atoms with Crippen molar-refractivity contribution in [3.63, 3.8) is 0 Å². The third kappa shape index (κ3) is 3.78. The fraction of sp³-hybridized carbons (Fsp3) is 0.786. The quantitative estimate of drug-likeness (QED) is 0.789. The van der Waals surface area contributed by atoms with E-state index in [1.807, 2.05) is 6.92 Å². The van der Waals surface area contributed by atoms with Crippen LogP contribution in [0.3, 0.4) is 0 Å². The second kappa shape index (κ2) is 5.07. The lowest BCUT2D eigenvalue weighted by molar-refractivity contribution is -0.0135. The van der Waals surface area contributed by atoms with Crippen molar-refractivity contribution in [2.75, 3.05) is 6.61 Å². The average Bonchev–Trinajstić information content (AvgIpc) is 2.59. The molecule has 3 heteroatoms. The lowest BCUT2D eigenvalue weighted by Gasteiger charge is -2.28. The first-order valence-corrected chi connectivity index (χ1v) is 7.11. The highest BCUT2D eigenvalue weighted by Crippen LogP contribution is 2.38. The summed E-state index contributed by atoms with van der Waals surface area (Å²) in [7, 11) is 0. The van der Waals surface area contributed by atoms with Gasteiger partial charge in [0.15, 0.2) is 0 Å². The number of nitrogens with zero attached hydrogens (tertiary/aromatic N) is 1. The zero-order valence-electron chi connectivity index (χ0n) is 12.1. The summed E-state index contributed by atoms with van der Waals surface area (Å²) in [5, 5.41) is 3.26. The Bertz CT molecular complexity index is 357. The molecule has 1 aromatic rings. The zero-order valence-corrected chi connectivity index (χ0v) is 12.9. The van der Waals surface area contributed by atoms with E-state index in [1.54, 1.807) is 11.3 Å². The van der Waals surface area contributed by atoms with Gasteiger partial charge in [0.25, 0.3) is 0 Å². The highest BCUT2D eigenvalue weighted by Gasteiger charge is 2.30. The van der Waals surface area contributed by atoms with Crippen LogP contribution in [0.2, 0.25) is 0 Å². The maximum absolute atomic E-state index is 5.87. The Kier molecular flexibility index (Phi) is 4.37. The predicted molar refractivity (Wildman–Crippen MR) is 74.6 cm³/mol. The largest absolute Gasteiger partial charge is 0.371 e. The van der Waals surface area contributed by atoms with Crippen LogP contribution in [0, 0.1) is 5.41 Å². The monoisotopic (exact) mass is 255 g/mol. The summed E-state index contributed by atoms with van der Waals surface area (Å²) >= 11 is 1.72. The maximum atomic E-state index is 5.87. The van der Waals surface area contributed by atoms with Crippen molar-refractivity contribution in [2.45, 2.75) is 60.0 Å². The molecule has 0 aromatic carbocycles. The topological polar surface area (TPSA) is 22.1 Å². The minimum atomic E-state index is 0.0863. The Hall–Kier alpha value is -0.410. The third-order valence-electron chi connectivity index (χ3n) is 2.63. The van der Waals surface area contributed by atoms with Crippen LogP contribution >= 0.6 is 11.3 Å². The van der Waals surface area contributed by atoms with E-state index in [0.29, 0.717) is 0 Å². The molecule has 1 rings (SSSR count). The van der Waals surface area contributed by atoms with Gasteiger partial charge in [0.1, 0.15) is 11.1 Å². The van der Waals surface area contributed by atoms with Crippen LogP contribution in [0.4, 0.5) is 0 Å². The Morgan fingerprint density at radius 2 is 1.82 bits per heavy atom. The summed E-state index contributed by atoms with van der Waals surface area (Å²) in [4.78, 5) is 4.76. The van der Waals surface area contributed by atoms with Crippen LogP contribution in [0.25, 0.3) is 0 Å². The van der Waals surface area contributed by atoms with Crippen molar-refractivity contribution in [3.05, 3.63) is 16.1 Å². The van der Waals surface area contributed by atoms with E-state index in [0.717, 1.165) is 17.3 Å². The minimum Gasteiger partial charge on any atom is -0.371 e. The SMILES string of the molecule is CCOC(c1nc(C(C)(C)C)cs1)C(C)(C)C. The highest BCUT2D eigenvalue weighted by atomic mass is 32.1. The Labute approximate surface area is 109 Å². The van der Waals surface area contributed by atoms with Crippen LogP contribution in [0.1, 0.15) is 65.3 Å². The summed E-state index contributed by atoms with van der Waals surface area (Å²) in [6.07, 6.45) is 0.0913. The van der Waals surface area contributed by atoms with Crippen LogP contribution in [0.5, 0.6) is 0 Å². The number of thiazole rings is 1. The number of hydrogen-bond acceptors (Lipinski definition) is 3. The lowest BCUT2D eigenvalue weighted by Crippen LogP contribution is -2.22. The van der Waals surface area contributed by atoms with Gasteiger partial charge in [-0.1, -0.05) is 41.5 Å². The van der Waals surface area contributed by atoms with E-state index < -0.39 is 0 Å². The van der Waals surface area contributed by atoms with Gasteiger partial charge in [0.05, 0.1) is 5.69 Å². The molecule has 1 atom stereocenters. The van der Waals surface area contributed by atoms with Crippen molar-refractivity contribution < 1.29 is 4.74 Å². The molecule has 1 aromatic heterocycles. The summed E-state index contributed by atoms with van der Waals surface area (Å²) in [6, 6.07) is 0. The van der Waals surface area contributed by atoms with Gasteiger partial charge >= 0.3 is 0 Å². The zero-order chi connectivity index (χ0) is 13.3. The molecule has 17 heavy (non-hydrogen) atoms. The molecule has 0 fully saturated rings. The Morgan fingerprint density at radius 3 is 2.18 bits per heavy atom. The molecule has 0 saturated heterocycles. The van der Waals surface area contributed by atoms with Crippen molar-refractivity contribution in [1.29, 1.82) is 0 Å².